The predicted octanol–water partition coefficient (Wildman–Crippen LogP) is 8.32. The molecule has 0 aliphatic heterocycles. The van der Waals surface area contributed by atoms with Gasteiger partial charge in [0.1, 0.15) is 5.78 Å². The fourth-order valence-corrected chi connectivity index (χ4v) is 5.58. The summed E-state index contributed by atoms with van der Waals surface area (Å²) < 4.78 is 0. The fourth-order valence-electron chi connectivity index (χ4n) is 5.58. The third kappa shape index (κ3) is 21.4. The van der Waals surface area contributed by atoms with E-state index in [0.29, 0.717) is 12.2 Å². The van der Waals surface area contributed by atoms with Crippen molar-refractivity contribution in [2.75, 3.05) is 0 Å². The Kier molecular flexibility index (Phi) is 24.5. The molecule has 8 nitrogen and oxygen atoms in total. The largest absolute Gasteiger partial charge is 0.481 e. The molecule has 0 amide bonds. The van der Waals surface area contributed by atoms with E-state index in [2.05, 4.69) is 6.92 Å². The smallest absolute Gasteiger partial charge is 0.337 e. The molecular weight excluding hydrogens is 524 g/mol. The van der Waals surface area contributed by atoms with Gasteiger partial charge in [0.05, 0.1) is 12.3 Å². The van der Waals surface area contributed by atoms with E-state index in [0.717, 1.165) is 51.4 Å². The minimum atomic E-state index is -2.80. The van der Waals surface area contributed by atoms with Crippen molar-refractivity contribution in [2.45, 2.75) is 179 Å². The number of Topliss-reactive ketones (excluding diaryl/α,β-unsaturated/α-hetero) is 1. The second-order valence-corrected chi connectivity index (χ2v) is 11.9. The summed E-state index contributed by atoms with van der Waals surface area (Å²) >= 11 is 0. The van der Waals surface area contributed by atoms with Crippen molar-refractivity contribution in [1.29, 1.82) is 0 Å². The fraction of sp³-hybridized carbons (Fsp3) is 0.879. The van der Waals surface area contributed by atoms with E-state index in [1.165, 1.54) is 96.3 Å². The zero-order valence-electron chi connectivity index (χ0n) is 25.9. The van der Waals surface area contributed by atoms with Crippen molar-refractivity contribution in [3.63, 3.8) is 0 Å². The van der Waals surface area contributed by atoms with Crippen LogP contribution in [0.1, 0.15) is 174 Å². The number of ketones is 1. The van der Waals surface area contributed by atoms with Gasteiger partial charge in [-0.2, -0.15) is 0 Å². The first-order valence-electron chi connectivity index (χ1n) is 16.6. The Bertz CT molecular complexity index is 707. The summed E-state index contributed by atoms with van der Waals surface area (Å²) in [5.41, 5.74) is -2.80. The van der Waals surface area contributed by atoms with Gasteiger partial charge in [0.2, 0.25) is 0 Å². The SMILES string of the molecule is CCCC(=O)CCCCCCCCCCCCCCCCCCCCCCCC(C(=O)O)C(O)(CC(=O)O)C(=O)O. The Hall–Kier alpha value is -1.96. The summed E-state index contributed by atoms with van der Waals surface area (Å²) in [6.45, 7) is 2.06. The van der Waals surface area contributed by atoms with Gasteiger partial charge < -0.3 is 20.4 Å². The van der Waals surface area contributed by atoms with E-state index in [1.54, 1.807) is 0 Å². The average molecular weight is 585 g/mol. The van der Waals surface area contributed by atoms with Crippen LogP contribution in [0.25, 0.3) is 0 Å². The number of carboxylic acids is 3. The lowest BCUT2D eigenvalue weighted by molar-refractivity contribution is -0.179. The van der Waals surface area contributed by atoms with Crippen LogP contribution in [0.5, 0.6) is 0 Å². The number of carbonyl (C=O) groups excluding carboxylic acids is 1. The number of aliphatic hydroxyl groups is 1. The third-order valence-electron chi connectivity index (χ3n) is 8.14. The van der Waals surface area contributed by atoms with Crippen LogP contribution in [0.3, 0.4) is 0 Å². The molecule has 8 heteroatoms. The molecule has 0 saturated heterocycles. The molecule has 0 aliphatic rings. The Morgan fingerprint density at radius 3 is 1.17 bits per heavy atom. The molecule has 0 bridgehead atoms. The van der Waals surface area contributed by atoms with Crippen molar-refractivity contribution in [2.24, 2.45) is 5.92 Å². The van der Waals surface area contributed by atoms with Gasteiger partial charge in [-0.05, 0) is 19.3 Å². The zero-order chi connectivity index (χ0) is 30.8. The lowest BCUT2D eigenvalue weighted by Crippen LogP contribution is -2.50. The second-order valence-electron chi connectivity index (χ2n) is 11.9. The molecule has 4 N–H and O–H groups in total. The highest BCUT2D eigenvalue weighted by molar-refractivity contribution is 5.89. The van der Waals surface area contributed by atoms with Crippen molar-refractivity contribution in [3.8, 4) is 0 Å². The molecule has 0 aromatic carbocycles. The Morgan fingerprint density at radius 2 is 0.878 bits per heavy atom. The van der Waals surface area contributed by atoms with E-state index in [4.69, 9.17) is 5.11 Å². The first-order valence-corrected chi connectivity index (χ1v) is 16.6. The molecule has 2 atom stereocenters. The molecule has 0 heterocycles. The number of aliphatic carboxylic acids is 3. The summed E-state index contributed by atoms with van der Waals surface area (Å²) in [5.74, 6) is -6.05. The predicted molar refractivity (Wildman–Crippen MR) is 162 cm³/mol. The van der Waals surface area contributed by atoms with Crippen LogP contribution in [0, 0.1) is 5.92 Å². The van der Waals surface area contributed by atoms with Crippen LogP contribution in [0.4, 0.5) is 0 Å². The van der Waals surface area contributed by atoms with Gasteiger partial charge in [-0.1, -0.05) is 135 Å². The normalized spacial score (nSPS) is 13.5. The molecular formula is C33H60O8. The topological polar surface area (TPSA) is 149 Å². The molecule has 240 valence electrons. The summed E-state index contributed by atoms with van der Waals surface area (Å²) in [4.78, 5) is 45.3. The maximum Gasteiger partial charge on any atom is 0.337 e. The van der Waals surface area contributed by atoms with Crippen LogP contribution < -0.4 is 0 Å². The lowest BCUT2D eigenvalue weighted by Gasteiger charge is -2.28. The molecule has 0 saturated carbocycles. The van der Waals surface area contributed by atoms with Crippen molar-refractivity contribution in [3.05, 3.63) is 0 Å². The van der Waals surface area contributed by atoms with E-state index in [-0.39, 0.29) is 6.42 Å². The van der Waals surface area contributed by atoms with Gasteiger partial charge >= 0.3 is 17.9 Å². The van der Waals surface area contributed by atoms with Gasteiger partial charge in [-0.3, -0.25) is 14.4 Å². The Balaban J connectivity index is 3.51. The number of rotatable bonds is 31. The molecule has 0 aliphatic carbocycles. The van der Waals surface area contributed by atoms with Crippen molar-refractivity contribution in [1.82, 2.24) is 0 Å². The van der Waals surface area contributed by atoms with Gasteiger partial charge in [0, 0.05) is 12.8 Å². The first-order chi connectivity index (χ1) is 19.6. The molecule has 0 aromatic heterocycles. The van der Waals surface area contributed by atoms with Crippen molar-refractivity contribution < 1.29 is 39.6 Å². The van der Waals surface area contributed by atoms with Crippen LogP contribution >= 0.6 is 0 Å². The molecule has 0 radical (unpaired) electrons. The minimum Gasteiger partial charge on any atom is -0.481 e. The summed E-state index contributed by atoms with van der Waals surface area (Å²) in [5, 5.41) is 37.6. The number of hydrogen-bond donors (Lipinski definition) is 4. The maximum absolute atomic E-state index is 11.5. The second kappa shape index (κ2) is 25.7. The van der Waals surface area contributed by atoms with Crippen LogP contribution in [0.2, 0.25) is 0 Å². The highest BCUT2D eigenvalue weighted by Crippen LogP contribution is 2.28. The van der Waals surface area contributed by atoms with Crippen molar-refractivity contribution >= 4 is 23.7 Å². The minimum absolute atomic E-state index is 0.0600. The van der Waals surface area contributed by atoms with E-state index in [9.17, 15) is 34.5 Å². The van der Waals surface area contributed by atoms with Gasteiger partial charge in [0.25, 0.3) is 0 Å². The van der Waals surface area contributed by atoms with E-state index in [1.807, 2.05) is 0 Å². The first kappa shape index (κ1) is 39.0. The summed E-state index contributed by atoms with van der Waals surface area (Å²) in [6, 6.07) is 0. The van der Waals surface area contributed by atoms with Gasteiger partial charge in [-0.15, -0.1) is 0 Å². The number of hydrogen-bond acceptors (Lipinski definition) is 5. The Morgan fingerprint density at radius 1 is 0.537 bits per heavy atom. The quantitative estimate of drug-likeness (QED) is 0.0594. The van der Waals surface area contributed by atoms with E-state index >= 15 is 0 Å². The van der Waals surface area contributed by atoms with E-state index < -0.39 is 35.8 Å². The lowest BCUT2D eigenvalue weighted by atomic mass is 9.81. The third-order valence-corrected chi connectivity index (χ3v) is 8.14. The highest BCUT2D eigenvalue weighted by atomic mass is 16.4. The molecule has 0 spiro atoms. The van der Waals surface area contributed by atoms with Gasteiger partial charge in [-0.25, -0.2) is 4.79 Å². The summed E-state index contributed by atoms with van der Waals surface area (Å²) in [6.07, 6.45) is 26.1. The Labute approximate surface area is 248 Å². The average Bonchev–Trinajstić information content (AvgIpc) is 2.90. The monoisotopic (exact) mass is 584 g/mol. The zero-order valence-corrected chi connectivity index (χ0v) is 25.9. The number of carboxylic acid groups (broad SMARTS) is 3. The molecule has 0 rings (SSSR count). The van der Waals surface area contributed by atoms with Crippen LogP contribution in [-0.4, -0.2) is 49.7 Å². The standard InChI is InChI=1S/C33H60O8/c1-2-24-28(34)25-22-20-18-16-14-12-10-8-6-4-3-5-7-9-11-13-15-17-19-21-23-26-29(31(37)38)33(41,32(39)40)27-30(35)36/h29,41H,2-27H2,1H3,(H,35,36)(H,37,38)(H,39,40). The number of unbranched alkanes of at least 4 members (excludes halogenated alkanes) is 20. The molecule has 2 unspecified atom stereocenters. The number of carbonyl (C=O) groups is 4. The van der Waals surface area contributed by atoms with Crippen LogP contribution in [-0.2, 0) is 19.2 Å². The molecule has 0 fully saturated rings. The highest BCUT2D eigenvalue weighted by Gasteiger charge is 2.49. The summed E-state index contributed by atoms with van der Waals surface area (Å²) in [7, 11) is 0. The molecule has 41 heavy (non-hydrogen) atoms. The molecule has 0 aromatic rings. The van der Waals surface area contributed by atoms with Crippen LogP contribution in [0.15, 0.2) is 0 Å². The maximum atomic E-state index is 11.5. The van der Waals surface area contributed by atoms with Gasteiger partial charge in [0.15, 0.2) is 5.60 Å².